The van der Waals surface area contributed by atoms with E-state index in [1.54, 1.807) is 0 Å². The van der Waals surface area contributed by atoms with Gasteiger partial charge in [-0.15, -0.1) is 11.6 Å². The molecule has 0 aliphatic heterocycles. The maximum Gasteiger partial charge on any atom is 0.337 e. The van der Waals surface area contributed by atoms with E-state index < -0.39 is 23.2 Å². The van der Waals surface area contributed by atoms with Gasteiger partial charge < -0.3 is 10.2 Å². The topological polar surface area (TPSA) is 98.4 Å². The molecule has 94 valence electrons. The molecule has 0 radical (unpaired) electrons. The lowest BCUT2D eigenvalue weighted by Crippen LogP contribution is -2.15. The highest BCUT2D eigenvalue weighted by Crippen LogP contribution is 2.30. The standard InChI is InChI=1S/C12H10ClNO4/c1-6(15)10(13)9-4-7(5-14)2-3-8(9)11(16)12(17)18/h2-4,10-11,16H,1H3,(H,17,18). The second-order valence-electron chi connectivity index (χ2n) is 3.67. The van der Waals surface area contributed by atoms with Crippen molar-refractivity contribution in [2.24, 2.45) is 0 Å². The van der Waals surface area contributed by atoms with Crippen LogP contribution < -0.4 is 0 Å². The van der Waals surface area contributed by atoms with E-state index in [-0.39, 0.29) is 16.7 Å². The maximum atomic E-state index is 11.2. The van der Waals surface area contributed by atoms with Crippen LogP contribution in [0.15, 0.2) is 18.2 Å². The van der Waals surface area contributed by atoms with Gasteiger partial charge in [0, 0.05) is 0 Å². The zero-order valence-corrected chi connectivity index (χ0v) is 10.2. The van der Waals surface area contributed by atoms with Crippen molar-refractivity contribution in [2.45, 2.75) is 18.4 Å². The van der Waals surface area contributed by atoms with Crippen LogP contribution in [0.1, 0.15) is 35.1 Å². The molecule has 1 aromatic carbocycles. The molecule has 2 N–H and O–H groups in total. The largest absolute Gasteiger partial charge is 0.479 e. The quantitative estimate of drug-likeness (QED) is 0.807. The van der Waals surface area contributed by atoms with Crippen LogP contribution >= 0.6 is 11.6 Å². The van der Waals surface area contributed by atoms with Crippen LogP contribution in [0, 0.1) is 11.3 Å². The summed E-state index contributed by atoms with van der Waals surface area (Å²) in [6, 6.07) is 5.80. The van der Waals surface area contributed by atoms with Gasteiger partial charge in [0.15, 0.2) is 11.9 Å². The van der Waals surface area contributed by atoms with Crippen molar-refractivity contribution in [1.29, 1.82) is 5.26 Å². The third-order valence-electron chi connectivity index (χ3n) is 2.37. The number of halogens is 1. The molecule has 0 aromatic heterocycles. The number of carbonyl (C=O) groups is 2. The smallest absolute Gasteiger partial charge is 0.337 e. The average Bonchev–Trinajstić information content (AvgIpc) is 2.35. The second kappa shape index (κ2) is 5.63. The molecule has 0 aliphatic rings. The van der Waals surface area contributed by atoms with Gasteiger partial charge in [-0.25, -0.2) is 4.79 Å². The number of carbonyl (C=O) groups excluding carboxylic acids is 1. The molecule has 2 atom stereocenters. The van der Waals surface area contributed by atoms with E-state index in [0.29, 0.717) is 0 Å². The Morgan fingerprint density at radius 1 is 1.39 bits per heavy atom. The van der Waals surface area contributed by atoms with Crippen LogP contribution in [-0.2, 0) is 9.59 Å². The lowest BCUT2D eigenvalue weighted by atomic mass is 9.96. The molecular formula is C12H10ClNO4. The Kier molecular flexibility index (Phi) is 4.43. The van der Waals surface area contributed by atoms with Crippen molar-refractivity contribution < 1.29 is 19.8 Å². The van der Waals surface area contributed by atoms with Crippen LogP contribution in [0.2, 0.25) is 0 Å². The first-order valence-corrected chi connectivity index (χ1v) is 5.41. The first kappa shape index (κ1) is 14.2. The monoisotopic (exact) mass is 267 g/mol. The number of carboxylic acid groups (broad SMARTS) is 1. The molecule has 0 bridgehead atoms. The summed E-state index contributed by atoms with van der Waals surface area (Å²) in [6.07, 6.45) is -1.78. The van der Waals surface area contributed by atoms with Gasteiger partial charge in [-0.2, -0.15) is 5.26 Å². The van der Waals surface area contributed by atoms with Gasteiger partial charge >= 0.3 is 5.97 Å². The highest BCUT2D eigenvalue weighted by molar-refractivity contribution is 6.31. The summed E-state index contributed by atoms with van der Waals surface area (Å²) >= 11 is 5.86. The minimum atomic E-state index is -1.78. The first-order valence-electron chi connectivity index (χ1n) is 4.97. The molecule has 1 rings (SSSR count). The summed E-state index contributed by atoms with van der Waals surface area (Å²) in [5.74, 6) is -1.85. The summed E-state index contributed by atoms with van der Waals surface area (Å²) in [7, 11) is 0. The summed E-state index contributed by atoms with van der Waals surface area (Å²) in [5.41, 5.74) is 0.382. The molecule has 0 saturated heterocycles. The van der Waals surface area contributed by atoms with Crippen molar-refractivity contribution in [3.8, 4) is 6.07 Å². The van der Waals surface area contributed by atoms with Crippen LogP contribution in [0.5, 0.6) is 0 Å². The third-order valence-corrected chi connectivity index (χ3v) is 2.92. The highest BCUT2D eigenvalue weighted by Gasteiger charge is 2.25. The highest BCUT2D eigenvalue weighted by atomic mass is 35.5. The van der Waals surface area contributed by atoms with Crippen LogP contribution in [-0.4, -0.2) is 22.0 Å². The van der Waals surface area contributed by atoms with Gasteiger partial charge in [0.25, 0.3) is 0 Å². The van der Waals surface area contributed by atoms with E-state index in [1.807, 2.05) is 6.07 Å². The van der Waals surface area contributed by atoms with Crippen molar-refractivity contribution in [2.75, 3.05) is 0 Å². The normalized spacial score (nSPS) is 13.4. The van der Waals surface area contributed by atoms with Gasteiger partial charge in [-0.05, 0) is 30.2 Å². The Hall–Kier alpha value is -1.90. The lowest BCUT2D eigenvalue weighted by Gasteiger charge is -2.15. The predicted molar refractivity (Wildman–Crippen MR) is 63.0 cm³/mol. The molecule has 0 heterocycles. The number of Topliss-reactive ketones (excluding diaryl/α,β-unsaturated/α-hetero) is 1. The van der Waals surface area contributed by atoms with Crippen molar-refractivity contribution >= 4 is 23.4 Å². The Morgan fingerprint density at radius 2 is 2.00 bits per heavy atom. The molecule has 6 heteroatoms. The zero-order valence-electron chi connectivity index (χ0n) is 9.42. The number of rotatable bonds is 4. The number of hydrogen-bond acceptors (Lipinski definition) is 4. The molecular weight excluding hydrogens is 258 g/mol. The lowest BCUT2D eigenvalue weighted by molar-refractivity contribution is -0.147. The van der Waals surface area contributed by atoms with Crippen molar-refractivity contribution in [3.63, 3.8) is 0 Å². The van der Waals surface area contributed by atoms with Gasteiger partial charge in [0.2, 0.25) is 0 Å². The van der Waals surface area contributed by atoms with Gasteiger partial charge in [-0.1, -0.05) is 6.07 Å². The van der Waals surface area contributed by atoms with Crippen molar-refractivity contribution in [3.05, 3.63) is 34.9 Å². The average molecular weight is 268 g/mol. The molecule has 0 spiro atoms. The Bertz CT molecular complexity index is 535. The fraction of sp³-hybridized carbons (Fsp3) is 0.250. The van der Waals surface area contributed by atoms with Crippen LogP contribution in [0.25, 0.3) is 0 Å². The van der Waals surface area contributed by atoms with Crippen molar-refractivity contribution in [1.82, 2.24) is 0 Å². The number of aliphatic hydroxyl groups is 1. The SMILES string of the molecule is CC(=O)C(Cl)c1cc(C#N)ccc1C(O)C(=O)O. The maximum absolute atomic E-state index is 11.2. The zero-order chi connectivity index (χ0) is 13.9. The fourth-order valence-electron chi connectivity index (χ4n) is 1.46. The minimum absolute atomic E-state index is 0.0108. The van der Waals surface area contributed by atoms with Crippen LogP contribution in [0.4, 0.5) is 0 Å². The molecule has 5 nitrogen and oxygen atoms in total. The van der Waals surface area contributed by atoms with E-state index in [0.717, 1.165) is 0 Å². The molecule has 0 amide bonds. The fourth-order valence-corrected chi connectivity index (χ4v) is 1.65. The molecule has 0 aliphatic carbocycles. The van der Waals surface area contributed by atoms with Gasteiger partial charge in [0.1, 0.15) is 5.38 Å². The number of nitrogens with zero attached hydrogens (tertiary/aromatic N) is 1. The number of hydrogen-bond donors (Lipinski definition) is 2. The number of nitriles is 1. The summed E-state index contributed by atoms with van der Waals surface area (Å²) in [5, 5.41) is 26.0. The predicted octanol–water partition coefficient (Wildman–Crippen LogP) is 1.55. The van der Waals surface area contributed by atoms with E-state index in [1.165, 1.54) is 25.1 Å². The van der Waals surface area contributed by atoms with Gasteiger partial charge in [0.05, 0.1) is 11.6 Å². The Labute approximate surface area is 108 Å². The summed E-state index contributed by atoms with van der Waals surface area (Å²) in [6.45, 7) is 1.24. The number of ketones is 1. The molecule has 18 heavy (non-hydrogen) atoms. The summed E-state index contributed by atoms with van der Waals surface area (Å²) in [4.78, 5) is 22.0. The molecule has 1 aromatic rings. The van der Waals surface area contributed by atoms with E-state index in [2.05, 4.69) is 0 Å². The van der Waals surface area contributed by atoms with Gasteiger partial charge in [-0.3, -0.25) is 4.79 Å². The third kappa shape index (κ3) is 2.86. The Morgan fingerprint density at radius 3 is 2.44 bits per heavy atom. The molecule has 0 fully saturated rings. The van der Waals surface area contributed by atoms with E-state index in [4.69, 9.17) is 22.0 Å². The second-order valence-corrected chi connectivity index (χ2v) is 4.11. The van der Waals surface area contributed by atoms with E-state index >= 15 is 0 Å². The number of benzene rings is 1. The number of alkyl halides is 1. The Balaban J connectivity index is 3.38. The van der Waals surface area contributed by atoms with Crippen LogP contribution in [0.3, 0.4) is 0 Å². The summed E-state index contributed by atoms with van der Waals surface area (Å²) < 4.78 is 0. The molecule has 2 unspecified atom stereocenters. The number of aliphatic carboxylic acids is 1. The minimum Gasteiger partial charge on any atom is -0.479 e. The molecule has 0 saturated carbocycles. The number of aliphatic hydroxyl groups excluding tert-OH is 1. The first-order chi connectivity index (χ1) is 8.38. The van der Waals surface area contributed by atoms with E-state index in [9.17, 15) is 14.7 Å². The number of carboxylic acids is 1.